The molecule has 0 spiro atoms. The molecule has 0 saturated heterocycles. The van der Waals surface area contributed by atoms with Gasteiger partial charge in [-0.1, -0.05) is 0 Å². The molecule has 9 nitrogen and oxygen atoms in total. The molecule has 0 unspecified atom stereocenters. The third-order valence-electron chi connectivity index (χ3n) is 3.50. The zero-order chi connectivity index (χ0) is 16.4. The van der Waals surface area contributed by atoms with Crippen LogP contribution in [-0.2, 0) is 13.6 Å². The lowest BCUT2D eigenvalue weighted by molar-refractivity contribution is -0.389. The van der Waals surface area contributed by atoms with E-state index in [0.717, 1.165) is 5.69 Å². The smallest absolute Gasteiger partial charge is 0.358 e. The molecule has 118 valence electrons. The Morgan fingerprint density at radius 1 is 1.36 bits per heavy atom. The van der Waals surface area contributed by atoms with Gasteiger partial charge >= 0.3 is 5.82 Å². The Balaban J connectivity index is 1.99. The molecule has 2 aromatic heterocycles. The first-order valence-corrected chi connectivity index (χ1v) is 6.78. The molecule has 2 heterocycles. The fraction of sp³-hybridized carbons (Fsp3) is 0.462. The van der Waals surface area contributed by atoms with E-state index in [-0.39, 0.29) is 11.7 Å². The first kappa shape index (κ1) is 15.7. The van der Waals surface area contributed by atoms with Crippen molar-refractivity contribution >= 4 is 11.7 Å². The third-order valence-corrected chi connectivity index (χ3v) is 3.50. The number of carbonyl (C=O) groups is 1. The topological polar surface area (TPSA) is 108 Å². The van der Waals surface area contributed by atoms with E-state index in [2.05, 4.69) is 15.5 Å². The van der Waals surface area contributed by atoms with Gasteiger partial charge in [0.1, 0.15) is 0 Å². The first-order chi connectivity index (χ1) is 10.3. The number of aryl methyl sites for hydroxylation is 3. The maximum atomic E-state index is 12.2. The number of amides is 1. The van der Waals surface area contributed by atoms with Crippen molar-refractivity contribution in [3.63, 3.8) is 0 Å². The van der Waals surface area contributed by atoms with Crippen LogP contribution in [-0.4, -0.2) is 36.9 Å². The summed E-state index contributed by atoms with van der Waals surface area (Å²) in [6.45, 7) is 6.03. The van der Waals surface area contributed by atoms with Gasteiger partial charge in [0.15, 0.2) is 0 Å². The third kappa shape index (κ3) is 2.97. The molecule has 0 atom stereocenters. The van der Waals surface area contributed by atoms with Gasteiger partial charge in [-0.25, -0.2) is 0 Å². The maximum Gasteiger partial charge on any atom is 0.390 e. The Morgan fingerprint density at radius 2 is 2.05 bits per heavy atom. The number of nitro groups is 1. The van der Waals surface area contributed by atoms with Gasteiger partial charge in [0.05, 0.1) is 34.7 Å². The predicted molar refractivity (Wildman–Crippen MR) is 78.6 cm³/mol. The lowest BCUT2D eigenvalue weighted by atomic mass is 10.2. The van der Waals surface area contributed by atoms with Crippen molar-refractivity contribution < 1.29 is 9.72 Å². The molecule has 0 saturated carbocycles. The molecule has 0 aliphatic carbocycles. The normalized spacial score (nSPS) is 10.7. The van der Waals surface area contributed by atoms with Crippen LogP contribution in [0.5, 0.6) is 0 Å². The molecule has 0 radical (unpaired) electrons. The maximum absolute atomic E-state index is 12.2. The highest BCUT2D eigenvalue weighted by Gasteiger charge is 2.18. The number of nitrogens with one attached hydrogen (secondary N) is 1. The Hall–Kier alpha value is -2.71. The minimum absolute atomic E-state index is 0.192. The van der Waals surface area contributed by atoms with Crippen LogP contribution in [0.2, 0.25) is 0 Å². The van der Waals surface area contributed by atoms with Crippen LogP contribution in [0, 0.1) is 30.9 Å². The quantitative estimate of drug-likeness (QED) is 0.651. The minimum Gasteiger partial charge on any atom is -0.358 e. The standard InChI is InChI=1S/C13H18N6O3/c1-8-7-11(19(21)22)16-18(8)6-5-14-13(20)12-9(2)15-17(4)10(12)3/h7H,5-6H2,1-4H3,(H,14,20). The molecule has 0 fully saturated rings. The number of hydrogen-bond acceptors (Lipinski definition) is 5. The Bertz CT molecular complexity index is 730. The minimum atomic E-state index is -0.537. The zero-order valence-corrected chi connectivity index (χ0v) is 13.0. The van der Waals surface area contributed by atoms with Crippen LogP contribution in [0.3, 0.4) is 0 Å². The fourth-order valence-electron chi connectivity index (χ4n) is 2.27. The second-order valence-electron chi connectivity index (χ2n) is 5.05. The molecule has 0 aromatic carbocycles. The highest BCUT2D eigenvalue weighted by molar-refractivity contribution is 5.96. The predicted octanol–water partition coefficient (Wildman–Crippen LogP) is 0.880. The van der Waals surface area contributed by atoms with Gasteiger partial charge < -0.3 is 15.4 Å². The average Bonchev–Trinajstić information content (AvgIpc) is 2.91. The van der Waals surface area contributed by atoms with E-state index in [4.69, 9.17) is 0 Å². The summed E-state index contributed by atoms with van der Waals surface area (Å²) in [5.41, 5.74) is 2.70. The van der Waals surface area contributed by atoms with Crippen molar-refractivity contribution in [2.45, 2.75) is 27.3 Å². The number of nitrogens with zero attached hydrogens (tertiary/aromatic N) is 5. The van der Waals surface area contributed by atoms with Crippen LogP contribution in [0.15, 0.2) is 6.07 Å². The molecule has 0 bridgehead atoms. The van der Waals surface area contributed by atoms with Gasteiger partial charge in [-0.15, -0.1) is 0 Å². The molecule has 2 aromatic rings. The van der Waals surface area contributed by atoms with E-state index in [1.54, 1.807) is 25.6 Å². The average molecular weight is 306 g/mol. The number of hydrogen-bond donors (Lipinski definition) is 1. The molecular weight excluding hydrogens is 288 g/mol. The van der Waals surface area contributed by atoms with Crippen molar-refractivity contribution in [2.24, 2.45) is 7.05 Å². The highest BCUT2D eigenvalue weighted by Crippen LogP contribution is 2.12. The molecule has 1 N–H and O–H groups in total. The molecule has 1 amide bonds. The van der Waals surface area contributed by atoms with Crippen molar-refractivity contribution in [2.75, 3.05) is 6.54 Å². The summed E-state index contributed by atoms with van der Waals surface area (Å²) in [4.78, 5) is 22.3. The van der Waals surface area contributed by atoms with E-state index in [9.17, 15) is 14.9 Å². The second-order valence-corrected chi connectivity index (χ2v) is 5.05. The summed E-state index contributed by atoms with van der Waals surface area (Å²) in [6.07, 6.45) is 0. The highest BCUT2D eigenvalue weighted by atomic mass is 16.6. The van der Waals surface area contributed by atoms with Crippen molar-refractivity contribution in [3.8, 4) is 0 Å². The van der Waals surface area contributed by atoms with E-state index in [1.165, 1.54) is 10.7 Å². The number of rotatable bonds is 5. The molecule has 0 aliphatic heterocycles. The van der Waals surface area contributed by atoms with Gasteiger partial charge in [-0.05, 0) is 25.7 Å². The summed E-state index contributed by atoms with van der Waals surface area (Å²) in [5, 5.41) is 21.5. The SMILES string of the molecule is Cc1nn(C)c(C)c1C(=O)NCCn1nc([N+](=O)[O-])cc1C. The van der Waals surface area contributed by atoms with Crippen LogP contribution in [0.4, 0.5) is 5.82 Å². The van der Waals surface area contributed by atoms with Crippen molar-refractivity contribution in [1.29, 1.82) is 0 Å². The van der Waals surface area contributed by atoms with E-state index in [0.29, 0.717) is 30.0 Å². The Morgan fingerprint density at radius 3 is 2.55 bits per heavy atom. The first-order valence-electron chi connectivity index (χ1n) is 6.78. The second kappa shape index (κ2) is 5.96. The van der Waals surface area contributed by atoms with E-state index < -0.39 is 4.92 Å². The van der Waals surface area contributed by atoms with Gasteiger partial charge in [0.2, 0.25) is 0 Å². The molecule has 0 aliphatic rings. The van der Waals surface area contributed by atoms with Crippen molar-refractivity contribution in [3.05, 3.63) is 38.8 Å². The lowest BCUT2D eigenvalue weighted by Gasteiger charge is -2.05. The summed E-state index contributed by atoms with van der Waals surface area (Å²) < 4.78 is 3.16. The summed E-state index contributed by atoms with van der Waals surface area (Å²) in [6, 6.07) is 1.40. The van der Waals surface area contributed by atoms with E-state index >= 15 is 0 Å². The van der Waals surface area contributed by atoms with Crippen LogP contribution in [0.1, 0.15) is 27.4 Å². The molecule has 2 rings (SSSR count). The van der Waals surface area contributed by atoms with E-state index in [1.807, 2.05) is 6.92 Å². The summed E-state index contributed by atoms with van der Waals surface area (Å²) in [5.74, 6) is -0.398. The largest absolute Gasteiger partial charge is 0.390 e. The number of carbonyl (C=O) groups excluding carboxylic acids is 1. The van der Waals surface area contributed by atoms with Crippen LogP contribution < -0.4 is 5.32 Å². The molecule has 9 heteroatoms. The fourth-order valence-corrected chi connectivity index (χ4v) is 2.27. The Labute approximate surface area is 127 Å². The molecular formula is C13H18N6O3. The van der Waals surface area contributed by atoms with Gasteiger partial charge in [0, 0.05) is 19.3 Å². The zero-order valence-electron chi connectivity index (χ0n) is 13.0. The van der Waals surface area contributed by atoms with Gasteiger partial charge in [-0.3, -0.25) is 9.48 Å². The summed E-state index contributed by atoms with van der Waals surface area (Å²) in [7, 11) is 1.78. The van der Waals surface area contributed by atoms with Crippen LogP contribution in [0.25, 0.3) is 0 Å². The summed E-state index contributed by atoms with van der Waals surface area (Å²) >= 11 is 0. The van der Waals surface area contributed by atoms with Gasteiger partial charge in [-0.2, -0.15) is 9.78 Å². The monoisotopic (exact) mass is 306 g/mol. The van der Waals surface area contributed by atoms with Crippen LogP contribution >= 0.6 is 0 Å². The van der Waals surface area contributed by atoms with Gasteiger partial charge in [0.25, 0.3) is 5.91 Å². The molecule has 22 heavy (non-hydrogen) atoms. The number of aromatic nitrogens is 4. The lowest BCUT2D eigenvalue weighted by Crippen LogP contribution is -2.28. The Kier molecular flexibility index (Phi) is 4.25. The van der Waals surface area contributed by atoms with Crippen molar-refractivity contribution in [1.82, 2.24) is 24.9 Å².